The molecule has 22 heavy (non-hydrogen) atoms. The van der Waals surface area contributed by atoms with Crippen LogP contribution in [0.3, 0.4) is 0 Å². The molecule has 0 amide bonds. The third-order valence-electron chi connectivity index (χ3n) is 4.21. The topological polar surface area (TPSA) is 35.8 Å². The van der Waals surface area contributed by atoms with Gasteiger partial charge in [-0.15, -0.1) is 0 Å². The lowest BCUT2D eigenvalue weighted by atomic mass is 9.97. The van der Waals surface area contributed by atoms with Gasteiger partial charge < -0.3 is 10.0 Å². The van der Waals surface area contributed by atoms with Crippen LogP contribution in [-0.4, -0.2) is 37.1 Å². The number of aliphatic hydroxyl groups is 1. The van der Waals surface area contributed by atoms with Crippen molar-refractivity contribution in [2.75, 3.05) is 25.1 Å². The number of hydrogen-bond donors (Lipinski definition) is 1. The van der Waals surface area contributed by atoms with Crippen molar-refractivity contribution in [3.63, 3.8) is 0 Å². The normalized spacial score (nSPS) is 17.7. The molecule has 0 bridgehead atoms. The van der Waals surface area contributed by atoms with E-state index in [1.807, 2.05) is 37.4 Å². The summed E-state index contributed by atoms with van der Waals surface area (Å²) in [4.78, 5) is 6.88. The summed E-state index contributed by atoms with van der Waals surface area (Å²) in [7, 11) is 1.99. The van der Waals surface area contributed by atoms with Gasteiger partial charge in [-0.1, -0.05) is 35.9 Å². The summed E-state index contributed by atoms with van der Waals surface area (Å²) < 4.78 is 0. The average Bonchev–Trinajstić information content (AvgIpc) is 2.65. The highest BCUT2D eigenvalue weighted by atomic mass is 35.5. The summed E-state index contributed by atoms with van der Waals surface area (Å²) in [6.07, 6.45) is 0. The van der Waals surface area contributed by atoms with E-state index in [1.54, 1.807) is 0 Å². The standard InChI is InChI=1S/C18H19ClN2O/c1-12-5-3-4-6-15(12)18-16-9-13(19)7-8-17(16)21(2)14(11-22)10-20-18/h3-9,14,22H,10-11H2,1-2H3. The zero-order valence-electron chi connectivity index (χ0n) is 12.8. The molecule has 0 spiro atoms. The maximum atomic E-state index is 9.64. The molecule has 0 radical (unpaired) electrons. The van der Waals surface area contributed by atoms with E-state index >= 15 is 0 Å². The molecule has 0 saturated carbocycles. The molecule has 1 atom stereocenters. The van der Waals surface area contributed by atoms with Crippen molar-refractivity contribution < 1.29 is 5.11 Å². The summed E-state index contributed by atoms with van der Waals surface area (Å²) in [5.41, 5.74) is 5.29. The predicted molar refractivity (Wildman–Crippen MR) is 92.4 cm³/mol. The number of aliphatic imine (C=N–C) groups is 1. The zero-order chi connectivity index (χ0) is 15.7. The number of fused-ring (bicyclic) bond motifs is 1. The number of benzodiazepines with no additional fused rings is 1. The Labute approximate surface area is 135 Å². The molecule has 1 heterocycles. The highest BCUT2D eigenvalue weighted by Gasteiger charge is 2.24. The van der Waals surface area contributed by atoms with E-state index in [0.29, 0.717) is 11.6 Å². The largest absolute Gasteiger partial charge is 0.394 e. The number of likely N-dealkylation sites (N-methyl/N-ethyl adjacent to an activating group) is 1. The third kappa shape index (κ3) is 2.62. The fourth-order valence-electron chi connectivity index (χ4n) is 2.86. The first-order chi connectivity index (χ1) is 10.6. The molecule has 1 N–H and O–H groups in total. The number of rotatable bonds is 2. The second-order valence-electron chi connectivity index (χ2n) is 5.61. The number of anilines is 1. The number of halogens is 1. The molecule has 1 aliphatic heterocycles. The van der Waals surface area contributed by atoms with Gasteiger partial charge in [0, 0.05) is 28.9 Å². The van der Waals surface area contributed by atoms with Gasteiger partial charge in [-0.05, 0) is 30.7 Å². The SMILES string of the molecule is Cc1ccccc1C1=NCC(CO)N(C)c2ccc(Cl)cc21. The summed E-state index contributed by atoms with van der Waals surface area (Å²) in [6.45, 7) is 2.71. The van der Waals surface area contributed by atoms with Crippen molar-refractivity contribution in [3.8, 4) is 0 Å². The Kier molecular flexibility index (Phi) is 4.19. The Morgan fingerprint density at radius 1 is 1.23 bits per heavy atom. The minimum Gasteiger partial charge on any atom is -0.394 e. The molecule has 3 rings (SSSR count). The minimum atomic E-state index is -0.0264. The van der Waals surface area contributed by atoms with Gasteiger partial charge in [-0.3, -0.25) is 4.99 Å². The van der Waals surface area contributed by atoms with E-state index in [0.717, 1.165) is 22.5 Å². The molecule has 114 valence electrons. The third-order valence-corrected chi connectivity index (χ3v) is 4.45. The van der Waals surface area contributed by atoms with Gasteiger partial charge in [0.25, 0.3) is 0 Å². The van der Waals surface area contributed by atoms with Gasteiger partial charge in [-0.25, -0.2) is 0 Å². The molecule has 2 aromatic rings. The van der Waals surface area contributed by atoms with Crippen molar-refractivity contribution >= 4 is 23.0 Å². The Morgan fingerprint density at radius 2 is 2.00 bits per heavy atom. The first kappa shape index (κ1) is 15.1. The Balaban J connectivity index is 2.22. The van der Waals surface area contributed by atoms with Crippen LogP contribution in [0, 0.1) is 6.92 Å². The molecule has 0 aromatic heterocycles. The quantitative estimate of drug-likeness (QED) is 0.923. The van der Waals surface area contributed by atoms with E-state index in [-0.39, 0.29) is 12.6 Å². The molecular formula is C18H19ClN2O. The molecule has 1 aliphatic rings. The lowest BCUT2D eigenvalue weighted by Crippen LogP contribution is -2.36. The van der Waals surface area contributed by atoms with Crippen LogP contribution in [0.25, 0.3) is 0 Å². The summed E-state index contributed by atoms with van der Waals surface area (Å²) >= 11 is 6.22. The van der Waals surface area contributed by atoms with Gasteiger partial charge in [0.05, 0.1) is 24.9 Å². The number of benzene rings is 2. The molecule has 0 fully saturated rings. The van der Waals surface area contributed by atoms with Gasteiger partial charge in [0.15, 0.2) is 0 Å². The van der Waals surface area contributed by atoms with Gasteiger partial charge in [0.1, 0.15) is 0 Å². The second kappa shape index (κ2) is 6.11. The van der Waals surface area contributed by atoms with Crippen molar-refractivity contribution in [3.05, 3.63) is 64.2 Å². The molecule has 4 heteroatoms. The van der Waals surface area contributed by atoms with Gasteiger partial charge >= 0.3 is 0 Å². The molecule has 0 saturated heterocycles. The van der Waals surface area contributed by atoms with Crippen molar-refractivity contribution in [2.45, 2.75) is 13.0 Å². The van der Waals surface area contributed by atoms with Gasteiger partial charge in [0.2, 0.25) is 0 Å². The van der Waals surface area contributed by atoms with Crippen LogP contribution < -0.4 is 4.90 Å². The smallest absolute Gasteiger partial charge is 0.0743 e. The van der Waals surface area contributed by atoms with Crippen LogP contribution >= 0.6 is 11.6 Å². The number of aliphatic hydroxyl groups excluding tert-OH is 1. The van der Waals surface area contributed by atoms with Crippen LogP contribution in [0.5, 0.6) is 0 Å². The van der Waals surface area contributed by atoms with Crippen molar-refractivity contribution in [1.29, 1.82) is 0 Å². The molecular weight excluding hydrogens is 296 g/mol. The zero-order valence-corrected chi connectivity index (χ0v) is 13.5. The highest BCUT2D eigenvalue weighted by Crippen LogP contribution is 2.30. The monoisotopic (exact) mass is 314 g/mol. The number of aryl methyl sites for hydroxylation is 1. The predicted octanol–water partition coefficient (Wildman–Crippen LogP) is 3.30. The fourth-order valence-corrected chi connectivity index (χ4v) is 3.03. The van der Waals surface area contributed by atoms with E-state index in [2.05, 4.69) is 24.0 Å². The summed E-state index contributed by atoms with van der Waals surface area (Å²) in [6, 6.07) is 14.0. The molecule has 0 aliphatic carbocycles. The van der Waals surface area contributed by atoms with Crippen LogP contribution in [0.1, 0.15) is 16.7 Å². The lowest BCUT2D eigenvalue weighted by molar-refractivity contribution is 0.265. The summed E-state index contributed by atoms with van der Waals surface area (Å²) in [5, 5.41) is 10.3. The fraction of sp³-hybridized carbons (Fsp3) is 0.278. The first-order valence-electron chi connectivity index (χ1n) is 7.36. The van der Waals surface area contributed by atoms with Crippen LogP contribution in [0.2, 0.25) is 5.02 Å². The van der Waals surface area contributed by atoms with E-state index in [1.165, 1.54) is 5.56 Å². The van der Waals surface area contributed by atoms with E-state index in [9.17, 15) is 5.11 Å². The van der Waals surface area contributed by atoms with Crippen LogP contribution in [-0.2, 0) is 0 Å². The van der Waals surface area contributed by atoms with E-state index < -0.39 is 0 Å². The molecule has 3 nitrogen and oxygen atoms in total. The van der Waals surface area contributed by atoms with Crippen molar-refractivity contribution in [2.24, 2.45) is 4.99 Å². The Morgan fingerprint density at radius 3 is 2.73 bits per heavy atom. The van der Waals surface area contributed by atoms with Crippen molar-refractivity contribution in [1.82, 2.24) is 0 Å². The highest BCUT2D eigenvalue weighted by molar-refractivity contribution is 6.31. The Hall–Kier alpha value is -1.84. The second-order valence-corrected chi connectivity index (χ2v) is 6.05. The minimum absolute atomic E-state index is 0.0264. The van der Waals surface area contributed by atoms with Gasteiger partial charge in [-0.2, -0.15) is 0 Å². The van der Waals surface area contributed by atoms with E-state index in [4.69, 9.17) is 16.6 Å². The van der Waals surface area contributed by atoms with Crippen LogP contribution in [0.15, 0.2) is 47.5 Å². The first-order valence-corrected chi connectivity index (χ1v) is 7.73. The maximum Gasteiger partial charge on any atom is 0.0743 e. The summed E-state index contributed by atoms with van der Waals surface area (Å²) in [5.74, 6) is 0. The number of hydrogen-bond acceptors (Lipinski definition) is 3. The molecule has 1 unspecified atom stereocenters. The molecule has 2 aromatic carbocycles. The maximum absolute atomic E-state index is 9.64. The lowest BCUT2D eigenvalue weighted by Gasteiger charge is -2.27. The number of nitrogens with zero attached hydrogens (tertiary/aromatic N) is 2. The van der Waals surface area contributed by atoms with Crippen LogP contribution in [0.4, 0.5) is 5.69 Å². The average molecular weight is 315 g/mol. The Bertz CT molecular complexity index is 727.